The highest BCUT2D eigenvalue weighted by atomic mass is 32.2. The zero-order valence-corrected chi connectivity index (χ0v) is 13.4. The Morgan fingerprint density at radius 2 is 1.88 bits per heavy atom. The predicted molar refractivity (Wildman–Crippen MR) is 80.8 cm³/mol. The van der Waals surface area contributed by atoms with Crippen molar-refractivity contribution >= 4 is 10.1 Å². The zero-order chi connectivity index (χ0) is 18.2. The van der Waals surface area contributed by atoms with Gasteiger partial charge in [-0.1, -0.05) is 0 Å². The monoisotopic (exact) mass is 373 g/mol. The van der Waals surface area contributed by atoms with Crippen LogP contribution in [0.2, 0.25) is 0 Å². The minimum atomic E-state index is -4.85. The van der Waals surface area contributed by atoms with Crippen molar-refractivity contribution in [3.63, 3.8) is 0 Å². The molecule has 5 atom stereocenters. The van der Waals surface area contributed by atoms with Gasteiger partial charge in [0.25, 0.3) is 10.1 Å². The van der Waals surface area contributed by atoms with Crippen molar-refractivity contribution in [1.29, 1.82) is 0 Å². The highest BCUT2D eigenvalue weighted by molar-refractivity contribution is 7.86. The Labute approximate surface area is 142 Å². The third-order valence-electron chi connectivity index (χ3n) is 3.59. The van der Waals surface area contributed by atoms with Crippen molar-refractivity contribution in [2.45, 2.75) is 30.0 Å². The van der Waals surface area contributed by atoms with Crippen LogP contribution in [0.4, 0.5) is 0 Å². The van der Waals surface area contributed by atoms with Crippen molar-refractivity contribution in [2.75, 3.05) is 0 Å². The van der Waals surface area contributed by atoms with Crippen LogP contribution in [0.1, 0.15) is 0 Å². The average Bonchev–Trinajstić information content (AvgIpc) is 3.09. The highest BCUT2D eigenvalue weighted by Gasteiger charge is 2.50. The van der Waals surface area contributed by atoms with Crippen LogP contribution in [-0.2, 0) is 14.9 Å². The van der Waals surface area contributed by atoms with E-state index in [1.807, 2.05) is 0 Å². The molecule has 3 rings (SSSR count). The smallest absolute Gasteiger partial charge is 0.295 e. The van der Waals surface area contributed by atoms with Crippen LogP contribution < -0.4 is 4.74 Å². The quantitative estimate of drug-likeness (QED) is 0.508. The second-order valence-corrected chi connectivity index (χ2v) is 6.86. The fourth-order valence-corrected chi connectivity index (χ4v) is 3.12. The summed E-state index contributed by atoms with van der Waals surface area (Å²) in [7, 11) is -4.85. The summed E-state index contributed by atoms with van der Waals surface area (Å²) in [6.45, 7) is 0. The van der Waals surface area contributed by atoms with Crippen molar-refractivity contribution in [3.8, 4) is 17.1 Å². The van der Waals surface area contributed by atoms with Gasteiger partial charge in [0, 0.05) is 11.8 Å². The molecule has 2 aromatic rings. The summed E-state index contributed by atoms with van der Waals surface area (Å²) in [4.78, 5) is 3.93. The van der Waals surface area contributed by atoms with Gasteiger partial charge in [-0.05, 0) is 18.2 Å². The van der Waals surface area contributed by atoms with Crippen LogP contribution in [0.25, 0.3) is 11.3 Å². The Hall–Kier alpha value is -2.02. The van der Waals surface area contributed by atoms with Crippen LogP contribution in [0, 0.1) is 0 Å². The molecule has 1 aliphatic heterocycles. The lowest BCUT2D eigenvalue weighted by Crippen LogP contribution is -2.61. The van der Waals surface area contributed by atoms with Crippen molar-refractivity contribution in [3.05, 3.63) is 36.9 Å². The first kappa shape index (κ1) is 17.8. The molecule has 0 spiro atoms. The number of ether oxygens (including phenoxy) is 2. The summed E-state index contributed by atoms with van der Waals surface area (Å²) < 4.78 is 47.0. The molecule has 136 valence electrons. The molecule has 0 radical (unpaired) electrons. The summed E-state index contributed by atoms with van der Waals surface area (Å²) in [6.07, 6.45) is -3.17. The molecule has 25 heavy (non-hydrogen) atoms. The third kappa shape index (κ3) is 3.66. The van der Waals surface area contributed by atoms with Gasteiger partial charge in [-0.25, -0.2) is 0 Å². The normalized spacial score (nSPS) is 30.2. The van der Waals surface area contributed by atoms with E-state index in [2.05, 4.69) is 4.98 Å². The fourth-order valence-electron chi connectivity index (χ4n) is 2.36. The number of aromatic nitrogens is 1. The molecule has 0 aromatic carbocycles. The van der Waals surface area contributed by atoms with Gasteiger partial charge in [0.2, 0.25) is 11.7 Å². The first-order valence-corrected chi connectivity index (χ1v) is 8.59. The van der Waals surface area contributed by atoms with Crippen LogP contribution >= 0.6 is 0 Å². The molecular formula is C14H15NO9S. The maximum atomic E-state index is 11.3. The number of aliphatic hydroxyl groups excluding tert-OH is 3. The van der Waals surface area contributed by atoms with E-state index in [1.165, 1.54) is 24.7 Å². The molecule has 1 fully saturated rings. The van der Waals surface area contributed by atoms with Crippen LogP contribution in [0.5, 0.6) is 5.75 Å². The minimum Gasteiger partial charge on any atom is -0.464 e. The number of hydrogen-bond acceptors (Lipinski definition) is 9. The number of rotatable bonds is 4. The lowest BCUT2D eigenvalue weighted by molar-refractivity contribution is -0.254. The number of aliphatic hydroxyl groups is 3. The summed E-state index contributed by atoms with van der Waals surface area (Å²) in [5.74, 6) is 0.574. The maximum Gasteiger partial charge on any atom is 0.295 e. The van der Waals surface area contributed by atoms with Gasteiger partial charge in [-0.3, -0.25) is 9.54 Å². The minimum absolute atomic E-state index is 0.0793. The molecule has 4 N–H and O–H groups in total. The van der Waals surface area contributed by atoms with Gasteiger partial charge in [0.1, 0.15) is 29.8 Å². The standard InChI is InChI=1S/C14H15NO9S/c16-10-11(17)13(24-14(12(10)18)25(19,20)21)23-8-4-7(5-15-6-8)9-2-1-3-22-9/h1-6,10-14,16-18H,(H,19,20,21)/t10-,11-,12+,13-,14?/m1/s1. The van der Waals surface area contributed by atoms with E-state index in [-0.39, 0.29) is 5.75 Å². The van der Waals surface area contributed by atoms with E-state index in [0.29, 0.717) is 11.3 Å². The Bertz CT molecular complexity index is 823. The van der Waals surface area contributed by atoms with Crippen molar-refractivity contribution < 1.29 is 42.2 Å². The first-order valence-electron chi connectivity index (χ1n) is 7.09. The molecule has 0 saturated carbocycles. The molecular weight excluding hydrogens is 358 g/mol. The number of hydrogen-bond donors (Lipinski definition) is 4. The van der Waals surface area contributed by atoms with E-state index in [9.17, 15) is 23.7 Å². The molecule has 1 unspecified atom stereocenters. The van der Waals surface area contributed by atoms with Crippen LogP contribution in [0.3, 0.4) is 0 Å². The van der Waals surface area contributed by atoms with Gasteiger partial charge in [-0.2, -0.15) is 8.42 Å². The van der Waals surface area contributed by atoms with Crippen molar-refractivity contribution in [2.24, 2.45) is 0 Å². The summed E-state index contributed by atoms with van der Waals surface area (Å²) in [5, 5.41) is 29.3. The first-order chi connectivity index (χ1) is 11.8. The van der Waals surface area contributed by atoms with E-state index in [1.54, 1.807) is 12.1 Å². The van der Waals surface area contributed by atoms with Gasteiger partial charge in [-0.15, -0.1) is 0 Å². The molecule has 1 aliphatic rings. The third-order valence-corrected chi connectivity index (χ3v) is 4.57. The summed E-state index contributed by atoms with van der Waals surface area (Å²) in [5.41, 5.74) is -1.63. The topological polar surface area (TPSA) is 160 Å². The SMILES string of the molecule is O=S(=O)(O)C1O[C@@H](Oc2cncc(-c3ccco3)c2)[C@H](O)[C@@H](O)[C@@H]1O. The maximum absolute atomic E-state index is 11.3. The number of pyridine rings is 1. The molecule has 0 bridgehead atoms. The summed E-state index contributed by atoms with van der Waals surface area (Å²) >= 11 is 0. The summed E-state index contributed by atoms with van der Waals surface area (Å²) in [6, 6.07) is 4.84. The Morgan fingerprint density at radius 3 is 2.52 bits per heavy atom. The molecule has 2 aromatic heterocycles. The lowest BCUT2D eigenvalue weighted by Gasteiger charge is -2.38. The largest absolute Gasteiger partial charge is 0.464 e. The second-order valence-electron chi connectivity index (χ2n) is 5.36. The average molecular weight is 373 g/mol. The second kappa shape index (κ2) is 6.71. The Kier molecular flexibility index (Phi) is 4.77. The molecule has 11 heteroatoms. The molecule has 0 amide bonds. The fraction of sp³-hybridized carbons (Fsp3) is 0.357. The zero-order valence-electron chi connectivity index (χ0n) is 12.5. The Morgan fingerprint density at radius 1 is 1.12 bits per heavy atom. The molecule has 10 nitrogen and oxygen atoms in total. The van der Waals surface area contributed by atoms with Gasteiger partial charge in [0.15, 0.2) is 0 Å². The predicted octanol–water partition coefficient (Wildman–Crippen LogP) is -0.627. The number of furan rings is 1. The molecule has 3 heterocycles. The van der Waals surface area contributed by atoms with E-state index >= 15 is 0 Å². The van der Waals surface area contributed by atoms with Gasteiger partial charge < -0.3 is 29.2 Å². The van der Waals surface area contributed by atoms with E-state index in [4.69, 9.17) is 18.4 Å². The molecule has 1 saturated heterocycles. The highest BCUT2D eigenvalue weighted by Crippen LogP contribution is 2.28. The van der Waals surface area contributed by atoms with E-state index < -0.39 is 40.2 Å². The van der Waals surface area contributed by atoms with Gasteiger partial charge >= 0.3 is 0 Å². The van der Waals surface area contributed by atoms with E-state index in [0.717, 1.165) is 0 Å². The Balaban J connectivity index is 1.83. The lowest BCUT2D eigenvalue weighted by atomic mass is 10.1. The molecule has 0 aliphatic carbocycles. The number of nitrogens with zero attached hydrogens (tertiary/aromatic N) is 1. The van der Waals surface area contributed by atoms with Crippen molar-refractivity contribution in [1.82, 2.24) is 4.98 Å². The van der Waals surface area contributed by atoms with Gasteiger partial charge in [0.05, 0.1) is 12.5 Å². The van der Waals surface area contributed by atoms with Crippen LogP contribution in [-0.4, -0.2) is 63.3 Å². The van der Waals surface area contributed by atoms with Crippen LogP contribution in [0.15, 0.2) is 41.3 Å².